The van der Waals surface area contributed by atoms with Crippen molar-refractivity contribution in [1.82, 2.24) is 15.2 Å². The van der Waals surface area contributed by atoms with Crippen molar-refractivity contribution in [1.29, 1.82) is 0 Å². The van der Waals surface area contributed by atoms with Crippen LogP contribution in [-0.4, -0.2) is 28.0 Å². The Balaban J connectivity index is 1.66. The number of methoxy groups -OCH3 is 1. The fourth-order valence-electron chi connectivity index (χ4n) is 2.17. The van der Waals surface area contributed by atoms with Crippen LogP contribution in [-0.2, 0) is 0 Å². The Morgan fingerprint density at radius 2 is 2.04 bits per heavy atom. The van der Waals surface area contributed by atoms with E-state index in [1.54, 1.807) is 24.9 Å². The number of nitrogens with zero attached hydrogens (tertiary/aromatic N) is 2. The quantitative estimate of drug-likeness (QED) is 0.635. The van der Waals surface area contributed by atoms with Gasteiger partial charge >= 0.3 is 0 Å². The van der Waals surface area contributed by atoms with Gasteiger partial charge in [-0.25, -0.2) is 4.98 Å². The van der Waals surface area contributed by atoms with E-state index in [-0.39, 0.29) is 0 Å². The molecule has 0 unspecified atom stereocenters. The first-order valence-corrected chi connectivity index (χ1v) is 8.73. The summed E-state index contributed by atoms with van der Waals surface area (Å²) in [6.45, 7) is 0. The van der Waals surface area contributed by atoms with Crippen LogP contribution in [0.15, 0.2) is 59.8 Å². The molecule has 1 N–H and O–H groups in total. The molecular weight excluding hydrogens is 342 g/mol. The van der Waals surface area contributed by atoms with E-state index in [9.17, 15) is 0 Å². The second kappa shape index (κ2) is 8.04. The number of aromatic amines is 1. The Labute approximate surface area is 149 Å². The van der Waals surface area contributed by atoms with E-state index in [1.165, 1.54) is 5.56 Å². The number of halogens is 1. The van der Waals surface area contributed by atoms with E-state index in [1.807, 2.05) is 30.3 Å². The van der Waals surface area contributed by atoms with Crippen molar-refractivity contribution < 1.29 is 4.74 Å². The molecule has 3 aromatic rings. The van der Waals surface area contributed by atoms with E-state index in [0.717, 1.165) is 11.3 Å². The zero-order valence-electron chi connectivity index (χ0n) is 13.1. The standard InChI is InChI=1S/C18H16ClN3OS/c1-23-16-10-9-14(19)12-15(16)17-20-18(22-21-17)24-11-5-8-13-6-3-2-4-7-13/h2-10,12H,11H2,1H3,(H,20,21,22)/b8-5+. The third-order valence-corrected chi connectivity index (χ3v) is 4.34. The molecule has 1 aromatic heterocycles. The summed E-state index contributed by atoms with van der Waals surface area (Å²) in [5.74, 6) is 2.14. The van der Waals surface area contributed by atoms with E-state index in [2.05, 4.69) is 39.5 Å². The van der Waals surface area contributed by atoms with Gasteiger partial charge in [0.1, 0.15) is 5.75 Å². The molecule has 1 heterocycles. The SMILES string of the molecule is COc1ccc(Cl)cc1-c1nc(SC/C=C/c2ccccc2)n[nH]1. The highest BCUT2D eigenvalue weighted by Gasteiger charge is 2.11. The number of rotatable bonds is 6. The highest BCUT2D eigenvalue weighted by Crippen LogP contribution is 2.31. The molecule has 0 radical (unpaired) electrons. The van der Waals surface area contributed by atoms with Gasteiger partial charge in [0.05, 0.1) is 12.7 Å². The topological polar surface area (TPSA) is 50.8 Å². The van der Waals surface area contributed by atoms with E-state index >= 15 is 0 Å². The van der Waals surface area contributed by atoms with Crippen molar-refractivity contribution in [3.63, 3.8) is 0 Å². The molecule has 0 atom stereocenters. The number of aromatic nitrogens is 3. The Morgan fingerprint density at radius 1 is 1.21 bits per heavy atom. The van der Waals surface area contributed by atoms with Gasteiger partial charge in [0.2, 0.25) is 5.16 Å². The van der Waals surface area contributed by atoms with Gasteiger partial charge in [-0.05, 0) is 23.8 Å². The number of thioether (sulfide) groups is 1. The maximum absolute atomic E-state index is 6.06. The molecule has 24 heavy (non-hydrogen) atoms. The number of H-pyrrole nitrogens is 1. The molecule has 0 bridgehead atoms. The summed E-state index contributed by atoms with van der Waals surface area (Å²) in [5, 5.41) is 8.49. The molecule has 0 aliphatic heterocycles. The molecule has 0 saturated carbocycles. The smallest absolute Gasteiger partial charge is 0.209 e. The molecule has 2 aromatic carbocycles. The van der Waals surface area contributed by atoms with Crippen LogP contribution < -0.4 is 4.74 Å². The Hall–Kier alpha value is -2.24. The van der Waals surface area contributed by atoms with Crippen LogP contribution >= 0.6 is 23.4 Å². The number of nitrogens with one attached hydrogen (secondary N) is 1. The third-order valence-electron chi connectivity index (χ3n) is 3.30. The van der Waals surface area contributed by atoms with Crippen LogP contribution in [0.25, 0.3) is 17.5 Å². The van der Waals surface area contributed by atoms with Crippen LogP contribution in [0.1, 0.15) is 5.56 Å². The summed E-state index contributed by atoms with van der Waals surface area (Å²) < 4.78 is 5.35. The van der Waals surface area contributed by atoms with Crippen molar-refractivity contribution in [2.24, 2.45) is 0 Å². The maximum atomic E-state index is 6.06. The predicted molar refractivity (Wildman–Crippen MR) is 99.6 cm³/mol. The lowest BCUT2D eigenvalue weighted by molar-refractivity contribution is 0.416. The Kier molecular flexibility index (Phi) is 5.56. The average Bonchev–Trinajstić information content (AvgIpc) is 3.08. The lowest BCUT2D eigenvalue weighted by Crippen LogP contribution is -1.89. The van der Waals surface area contributed by atoms with E-state index in [4.69, 9.17) is 16.3 Å². The first-order valence-electron chi connectivity index (χ1n) is 7.37. The number of hydrogen-bond acceptors (Lipinski definition) is 4. The van der Waals surface area contributed by atoms with Gasteiger partial charge in [0, 0.05) is 10.8 Å². The second-order valence-electron chi connectivity index (χ2n) is 4.94. The molecule has 0 aliphatic rings. The van der Waals surface area contributed by atoms with Gasteiger partial charge < -0.3 is 4.74 Å². The first-order chi connectivity index (χ1) is 11.8. The van der Waals surface area contributed by atoms with Gasteiger partial charge in [-0.3, -0.25) is 5.10 Å². The molecule has 0 fully saturated rings. The zero-order valence-corrected chi connectivity index (χ0v) is 14.6. The van der Waals surface area contributed by atoms with Crippen molar-refractivity contribution in [2.45, 2.75) is 5.16 Å². The fraction of sp³-hybridized carbons (Fsp3) is 0.111. The minimum Gasteiger partial charge on any atom is -0.496 e. The van der Waals surface area contributed by atoms with Crippen molar-refractivity contribution in [2.75, 3.05) is 12.9 Å². The molecule has 6 heteroatoms. The van der Waals surface area contributed by atoms with E-state index in [0.29, 0.717) is 21.8 Å². The zero-order chi connectivity index (χ0) is 16.8. The number of benzene rings is 2. The van der Waals surface area contributed by atoms with Crippen LogP contribution in [0, 0.1) is 0 Å². The summed E-state index contributed by atoms with van der Waals surface area (Å²) in [7, 11) is 1.62. The maximum Gasteiger partial charge on any atom is 0.209 e. The molecule has 0 saturated heterocycles. The van der Waals surface area contributed by atoms with Gasteiger partial charge in [-0.1, -0.05) is 65.8 Å². The summed E-state index contributed by atoms with van der Waals surface area (Å²) in [6.07, 6.45) is 4.18. The molecule has 3 rings (SSSR count). The predicted octanol–water partition coefficient (Wildman–Crippen LogP) is 4.94. The van der Waals surface area contributed by atoms with Gasteiger partial charge in [0.15, 0.2) is 5.82 Å². The van der Waals surface area contributed by atoms with Crippen LogP contribution in [0.4, 0.5) is 0 Å². The molecule has 122 valence electrons. The molecule has 0 aliphatic carbocycles. The minimum atomic E-state index is 0.627. The largest absolute Gasteiger partial charge is 0.496 e. The van der Waals surface area contributed by atoms with Crippen molar-refractivity contribution in [3.8, 4) is 17.1 Å². The van der Waals surface area contributed by atoms with Crippen molar-refractivity contribution >= 4 is 29.4 Å². The van der Waals surface area contributed by atoms with Gasteiger partial charge in [0.25, 0.3) is 0 Å². The number of ether oxygens (including phenoxy) is 1. The lowest BCUT2D eigenvalue weighted by atomic mass is 10.2. The molecule has 4 nitrogen and oxygen atoms in total. The van der Waals surface area contributed by atoms with Crippen molar-refractivity contribution in [3.05, 3.63) is 65.2 Å². The number of hydrogen-bond donors (Lipinski definition) is 1. The van der Waals surface area contributed by atoms with Crippen LogP contribution in [0.5, 0.6) is 5.75 Å². The minimum absolute atomic E-state index is 0.627. The third kappa shape index (κ3) is 4.19. The monoisotopic (exact) mass is 357 g/mol. The Morgan fingerprint density at radius 3 is 2.83 bits per heavy atom. The van der Waals surface area contributed by atoms with Gasteiger partial charge in [-0.15, -0.1) is 5.10 Å². The van der Waals surface area contributed by atoms with Crippen LogP contribution in [0.2, 0.25) is 5.02 Å². The second-order valence-corrected chi connectivity index (χ2v) is 6.36. The molecular formula is C18H16ClN3OS. The average molecular weight is 358 g/mol. The molecule has 0 amide bonds. The van der Waals surface area contributed by atoms with Crippen LogP contribution in [0.3, 0.4) is 0 Å². The normalized spacial score (nSPS) is 11.1. The van der Waals surface area contributed by atoms with E-state index < -0.39 is 0 Å². The highest BCUT2D eigenvalue weighted by atomic mass is 35.5. The summed E-state index contributed by atoms with van der Waals surface area (Å²) in [4.78, 5) is 4.50. The first kappa shape index (κ1) is 16.6. The fourth-order valence-corrected chi connectivity index (χ4v) is 2.95. The lowest BCUT2D eigenvalue weighted by Gasteiger charge is -2.05. The van der Waals surface area contributed by atoms with Gasteiger partial charge in [-0.2, -0.15) is 0 Å². The summed E-state index contributed by atoms with van der Waals surface area (Å²) in [6, 6.07) is 15.6. The Bertz CT molecular complexity index is 833. The molecule has 0 spiro atoms. The summed E-state index contributed by atoms with van der Waals surface area (Å²) in [5.41, 5.74) is 1.97. The highest BCUT2D eigenvalue weighted by molar-refractivity contribution is 7.99. The summed E-state index contributed by atoms with van der Waals surface area (Å²) >= 11 is 7.62.